The number of allylic oxidation sites excluding steroid dienone is 6. The van der Waals surface area contributed by atoms with Crippen LogP contribution < -0.4 is 5.32 Å². The van der Waals surface area contributed by atoms with Crippen LogP contribution in [0.25, 0.3) is 0 Å². The highest BCUT2D eigenvalue weighted by molar-refractivity contribution is 5.88. The summed E-state index contributed by atoms with van der Waals surface area (Å²) in [6.45, 7) is 16.4. The predicted octanol–water partition coefficient (Wildman–Crippen LogP) is 4.07. The quantitative estimate of drug-likeness (QED) is 0.476. The fourth-order valence-corrected chi connectivity index (χ4v) is 3.51. The van der Waals surface area contributed by atoms with Gasteiger partial charge in [0, 0.05) is 51.0 Å². The molecular weight excluding hydrogens is 396 g/mol. The van der Waals surface area contributed by atoms with Crippen molar-refractivity contribution >= 4 is 5.91 Å². The van der Waals surface area contributed by atoms with Gasteiger partial charge < -0.3 is 20.0 Å². The third-order valence-corrected chi connectivity index (χ3v) is 5.16. The van der Waals surface area contributed by atoms with Gasteiger partial charge in [0.15, 0.2) is 0 Å². The molecule has 2 aliphatic heterocycles. The Bertz CT molecular complexity index is 689. The number of hydrogen-bond donors (Lipinski definition) is 1. The summed E-state index contributed by atoms with van der Waals surface area (Å²) in [5.74, 6) is 2.38. The van der Waals surface area contributed by atoms with Gasteiger partial charge in [-0.3, -0.25) is 4.79 Å². The van der Waals surface area contributed by atoms with E-state index in [1.807, 2.05) is 31.7 Å². The van der Waals surface area contributed by atoms with Gasteiger partial charge in [0.1, 0.15) is 0 Å². The van der Waals surface area contributed by atoms with Crippen LogP contribution in [0.4, 0.5) is 0 Å². The van der Waals surface area contributed by atoms with Crippen molar-refractivity contribution in [1.29, 1.82) is 0 Å². The fraction of sp³-hybridized carbons (Fsp3) is 0.593. The maximum atomic E-state index is 12.5. The maximum Gasteiger partial charge on any atom is 0.246 e. The third-order valence-electron chi connectivity index (χ3n) is 5.16. The Labute approximate surface area is 197 Å². The summed E-state index contributed by atoms with van der Waals surface area (Å²) in [6, 6.07) is 0. The lowest BCUT2D eigenvalue weighted by molar-refractivity contribution is -0.126. The molecule has 0 spiro atoms. The van der Waals surface area contributed by atoms with Crippen molar-refractivity contribution in [3.63, 3.8) is 0 Å². The van der Waals surface area contributed by atoms with Gasteiger partial charge in [-0.05, 0) is 65.4 Å². The van der Waals surface area contributed by atoms with E-state index in [1.54, 1.807) is 13.0 Å². The maximum absolute atomic E-state index is 12.5. The lowest BCUT2D eigenvalue weighted by atomic mass is 9.96. The van der Waals surface area contributed by atoms with Crippen LogP contribution in [0.1, 0.15) is 47.5 Å². The minimum absolute atomic E-state index is 0.125. The number of piperazine rings is 1. The van der Waals surface area contributed by atoms with E-state index in [2.05, 4.69) is 66.7 Å². The molecule has 5 nitrogen and oxygen atoms in total. The van der Waals surface area contributed by atoms with Gasteiger partial charge >= 0.3 is 0 Å². The SMILES string of the molecule is C#CC.C/C=C\C=C1\CC(/C=C/C(=O)N2CCNCC2)=C(C)N(CCCN(C)C)C1.CC. The normalized spacial score (nSPS) is 17.9. The summed E-state index contributed by atoms with van der Waals surface area (Å²) >= 11 is 0. The highest BCUT2D eigenvalue weighted by Gasteiger charge is 2.19. The predicted molar refractivity (Wildman–Crippen MR) is 139 cm³/mol. The standard InChI is InChI=1S/C22H36N4O.C3H4.C2H6/c1-5-6-8-20-17-21(9-10-22(27)25-15-11-23-12-16-25)19(2)26(18-20)14-7-13-24(3)4;1-3-2;1-2/h5-6,8-10,23H,7,11-18H2,1-4H3;1H,2H3;1-2H3/b6-5-,10-9+,20-8-;;. The molecule has 2 heterocycles. The van der Waals surface area contributed by atoms with E-state index in [9.17, 15) is 4.79 Å². The van der Waals surface area contributed by atoms with Gasteiger partial charge in [-0.2, -0.15) is 0 Å². The number of hydrogen-bond acceptors (Lipinski definition) is 4. The summed E-state index contributed by atoms with van der Waals surface area (Å²) in [5.41, 5.74) is 3.96. The second-order valence-corrected chi connectivity index (χ2v) is 7.91. The Balaban J connectivity index is 0.00000177. The minimum atomic E-state index is 0.125. The molecule has 1 saturated heterocycles. The fourth-order valence-electron chi connectivity index (χ4n) is 3.51. The van der Waals surface area contributed by atoms with Gasteiger partial charge in [0.25, 0.3) is 0 Å². The van der Waals surface area contributed by atoms with E-state index in [0.717, 1.165) is 58.7 Å². The Morgan fingerprint density at radius 1 is 1.25 bits per heavy atom. The Morgan fingerprint density at radius 3 is 2.44 bits per heavy atom. The molecule has 0 atom stereocenters. The highest BCUT2D eigenvalue weighted by Crippen LogP contribution is 2.27. The van der Waals surface area contributed by atoms with Gasteiger partial charge in [-0.25, -0.2) is 0 Å². The molecule has 180 valence electrons. The molecule has 0 aromatic heterocycles. The number of nitrogens with zero attached hydrogens (tertiary/aromatic N) is 3. The summed E-state index contributed by atoms with van der Waals surface area (Å²) in [4.78, 5) is 19.1. The van der Waals surface area contributed by atoms with Crippen molar-refractivity contribution in [2.75, 3.05) is 59.9 Å². The molecule has 2 aliphatic rings. The summed E-state index contributed by atoms with van der Waals surface area (Å²) < 4.78 is 0. The number of carbonyl (C=O) groups is 1. The lowest BCUT2D eigenvalue weighted by Gasteiger charge is -2.33. The zero-order valence-electron chi connectivity index (χ0n) is 21.6. The van der Waals surface area contributed by atoms with E-state index < -0.39 is 0 Å². The molecule has 5 heteroatoms. The zero-order chi connectivity index (χ0) is 24.4. The second-order valence-electron chi connectivity index (χ2n) is 7.91. The molecule has 1 amide bonds. The van der Waals surface area contributed by atoms with Crippen LogP contribution in [-0.2, 0) is 4.79 Å². The van der Waals surface area contributed by atoms with Gasteiger partial charge in [-0.15, -0.1) is 12.3 Å². The van der Waals surface area contributed by atoms with Crippen LogP contribution in [0, 0.1) is 12.3 Å². The zero-order valence-corrected chi connectivity index (χ0v) is 21.6. The molecule has 0 aliphatic carbocycles. The van der Waals surface area contributed by atoms with Crippen molar-refractivity contribution in [3.05, 3.63) is 47.2 Å². The lowest BCUT2D eigenvalue weighted by Crippen LogP contribution is -2.45. The highest BCUT2D eigenvalue weighted by atomic mass is 16.2. The van der Waals surface area contributed by atoms with Crippen LogP contribution in [-0.4, -0.2) is 80.5 Å². The Hall–Kier alpha value is -2.29. The average Bonchev–Trinajstić information content (AvgIpc) is 2.80. The molecule has 0 bridgehead atoms. The minimum Gasteiger partial charge on any atom is -0.371 e. The molecular formula is C27H46N4O. The molecule has 0 aromatic rings. The summed E-state index contributed by atoms with van der Waals surface area (Å²) in [7, 11) is 4.23. The molecule has 0 unspecified atom stereocenters. The topological polar surface area (TPSA) is 38.8 Å². The molecule has 32 heavy (non-hydrogen) atoms. The largest absolute Gasteiger partial charge is 0.371 e. The first-order chi connectivity index (χ1) is 15.4. The number of rotatable bonds is 7. The molecule has 0 saturated carbocycles. The molecule has 2 rings (SSSR count). The first kappa shape index (κ1) is 29.7. The van der Waals surface area contributed by atoms with Gasteiger partial charge in [0.2, 0.25) is 5.91 Å². The van der Waals surface area contributed by atoms with E-state index in [0.29, 0.717) is 0 Å². The Morgan fingerprint density at radius 2 is 1.88 bits per heavy atom. The number of nitrogens with one attached hydrogen (secondary N) is 1. The van der Waals surface area contributed by atoms with E-state index in [4.69, 9.17) is 0 Å². The molecule has 1 N–H and O–H groups in total. The van der Waals surface area contributed by atoms with Gasteiger partial charge in [0.05, 0.1) is 0 Å². The number of carbonyl (C=O) groups excluding carboxylic acids is 1. The summed E-state index contributed by atoms with van der Waals surface area (Å²) in [5, 5.41) is 3.29. The first-order valence-electron chi connectivity index (χ1n) is 11.9. The summed E-state index contributed by atoms with van der Waals surface area (Å²) in [6.07, 6.45) is 16.9. The number of terminal acetylenes is 1. The van der Waals surface area contributed by atoms with Crippen molar-refractivity contribution in [1.82, 2.24) is 20.0 Å². The molecule has 1 fully saturated rings. The third kappa shape index (κ3) is 11.9. The average molecular weight is 443 g/mol. The van der Waals surface area contributed by atoms with Crippen molar-refractivity contribution in [3.8, 4) is 12.3 Å². The molecule has 0 aromatic carbocycles. The van der Waals surface area contributed by atoms with Crippen molar-refractivity contribution < 1.29 is 4.79 Å². The smallest absolute Gasteiger partial charge is 0.246 e. The van der Waals surface area contributed by atoms with E-state index >= 15 is 0 Å². The second kappa shape index (κ2) is 18.3. The van der Waals surface area contributed by atoms with E-state index in [1.165, 1.54) is 16.8 Å². The van der Waals surface area contributed by atoms with Crippen LogP contribution >= 0.6 is 0 Å². The van der Waals surface area contributed by atoms with Gasteiger partial charge in [-0.1, -0.05) is 38.2 Å². The van der Waals surface area contributed by atoms with Crippen LogP contribution in [0.5, 0.6) is 0 Å². The van der Waals surface area contributed by atoms with E-state index in [-0.39, 0.29) is 5.91 Å². The first-order valence-corrected chi connectivity index (χ1v) is 11.9. The van der Waals surface area contributed by atoms with Crippen molar-refractivity contribution in [2.45, 2.75) is 47.5 Å². The molecule has 0 radical (unpaired) electrons. The monoisotopic (exact) mass is 442 g/mol. The van der Waals surface area contributed by atoms with Crippen LogP contribution in [0.2, 0.25) is 0 Å². The Kier molecular flexibility index (Phi) is 17.0. The number of amides is 1. The van der Waals surface area contributed by atoms with Crippen molar-refractivity contribution in [2.24, 2.45) is 0 Å². The van der Waals surface area contributed by atoms with Crippen LogP contribution in [0.3, 0.4) is 0 Å². The van der Waals surface area contributed by atoms with Crippen LogP contribution in [0.15, 0.2) is 47.2 Å².